The number of nitrogens with zero attached hydrogens (tertiary/aromatic N) is 6. The molecular weight excluding hydrogens is 384 g/mol. The molecule has 0 saturated carbocycles. The molecule has 0 spiro atoms. The van der Waals surface area contributed by atoms with E-state index in [1.54, 1.807) is 23.0 Å². The number of hydrogen-bond donors (Lipinski definition) is 0. The highest BCUT2D eigenvalue weighted by Crippen LogP contribution is 2.32. The first-order valence-corrected chi connectivity index (χ1v) is 10.2. The molecule has 0 aromatic carbocycles. The summed E-state index contributed by atoms with van der Waals surface area (Å²) in [6.45, 7) is 4.92. The number of ether oxygens (including phenoxy) is 2. The lowest BCUT2D eigenvalue weighted by molar-refractivity contribution is -0.0819. The molecule has 0 aliphatic carbocycles. The highest BCUT2D eigenvalue weighted by Gasteiger charge is 2.38. The predicted molar refractivity (Wildman–Crippen MR) is 108 cm³/mol. The van der Waals surface area contributed by atoms with Crippen LogP contribution in [0.2, 0.25) is 0 Å². The van der Waals surface area contributed by atoms with E-state index in [2.05, 4.69) is 20.1 Å². The molecule has 2 aliphatic rings. The summed E-state index contributed by atoms with van der Waals surface area (Å²) in [6, 6.07) is 7.33. The van der Waals surface area contributed by atoms with E-state index in [1.807, 2.05) is 35.5 Å². The molecule has 2 aliphatic heterocycles. The first-order valence-electron chi connectivity index (χ1n) is 10.2. The van der Waals surface area contributed by atoms with Gasteiger partial charge in [-0.1, -0.05) is 6.07 Å². The number of amides is 1. The molecule has 1 amide bonds. The summed E-state index contributed by atoms with van der Waals surface area (Å²) in [5.41, 5.74) is 2.07. The summed E-state index contributed by atoms with van der Waals surface area (Å²) in [6.07, 6.45) is 6.86. The number of aromatic nitrogens is 4. The average Bonchev–Trinajstić information content (AvgIpc) is 3.29. The number of carbonyl (C=O) groups is 1. The molecule has 9 heteroatoms. The van der Waals surface area contributed by atoms with Crippen LogP contribution in [0.1, 0.15) is 22.0 Å². The molecule has 30 heavy (non-hydrogen) atoms. The maximum atomic E-state index is 13.7. The Hall–Kier alpha value is -2.88. The summed E-state index contributed by atoms with van der Waals surface area (Å²) in [5.74, 6) is -0.0715. The van der Waals surface area contributed by atoms with Gasteiger partial charge in [-0.05, 0) is 23.8 Å². The van der Waals surface area contributed by atoms with E-state index in [0.29, 0.717) is 24.4 Å². The molecule has 2 saturated heterocycles. The van der Waals surface area contributed by atoms with Crippen LogP contribution in [-0.4, -0.2) is 87.4 Å². The molecular formula is C21H24N6O3. The van der Waals surface area contributed by atoms with E-state index in [-0.39, 0.29) is 18.1 Å². The van der Waals surface area contributed by atoms with Crippen LogP contribution in [-0.2, 0) is 9.47 Å². The number of hydrogen-bond acceptors (Lipinski definition) is 7. The molecule has 0 N–H and O–H groups in total. The molecule has 9 nitrogen and oxygen atoms in total. The minimum atomic E-state index is -0.231. The van der Waals surface area contributed by atoms with Crippen molar-refractivity contribution in [3.63, 3.8) is 0 Å². The Kier molecular flexibility index (Phi) is 5.39. The lowest BCUT2D eigenvalue weighted by Crippen LogP contribution is -2.53. The summed E-state index contributed by atoms with van der Waals surface area (Å²) in [4.78, 5) is 22.2. The highest BCUT2D eigenvalue weighted by molar-refractivity contribution is 6.00. The van der Waals surface area contributed by atoms with Crippen molar-refractivity contribution in [3.8, 4) is 0 Å². The van der Waals surface area contributed by atoms with Crippen LogP contribution in [0.4, 0.5) is 0 Å². The molecule has 5 heterocycles. The first kappa shape index (κ1) is 19.1. The molecule has 0 radical (unpaired) electrons. The third kappa shape index (κ3) is 3.67. The van der Waals surface area contributed by atoms with Gasteiger partial charge in [0, 0.05) is 44.8 Å². The van der Waals surface area contributed by atoms with Crippen molar-refractivity contribution in [3.05, 3.63) is 60.3 Å². The van der Waals surface area contributed by atoms with E-state index in [4.69, 9.17) is 9.47 Å². The van der Waals surface area contributed by atoms with Crippen molar-refractivity contribution < 1.29 is 14.3 Å². The second-order valence-corrected chi connectivity index (χ2v) is 7.54. The Morgan fingerprint density at radius 2 is 2.03 bits per heavy atom. The second-order valence-electron chi connectivity index (χ2n) is 7.54. The van der Waals surface area contributed by atoms with Crippen LogP contribution in [0.25, 0.3) is 5.65 Å². The number of fused-ring (bicyclic) bond motifs is 1. The third-order valence-electron chi connectivity index (χ3n) is 5.73. The van der Waals surface area contributed by atoms with Gasteiger partial charge in [0.2, 0.25) is 0 Å². The van der Waals surface area contributed by atoms with Crippen LogP contribution in [0.5, 0.6) is 0 Å². The average molecular weight is 408 g/mol. The van der Waals surface area contributed by atoms with Gasteiger partial charge in [-0.2, -0.15) is 0 Å². The van der Waals surface area contributed by atoms with Crippen molar-refractivity contribution in [2.24, 2.45) is 0 Å². The lowest BCUT2D eigenvalue weighted by atomic mass is 9.97. The lowest BCUT2D eigenvalue weighted by Gasteiger charge is -2.43. The van der Waals surface area contributed by atoms with Crippen LogP contribution in [0, 0.1) is 0 Å². The van der Waals surface area contributed by atoms with Gasteiger partial charge >= 0.3 is 0 Å². The number of morpholine rings is 2. The Balaban J connectivity index is 1.49. The first-order chi connectivity index (χ1) is 14.8. The molecule has 156 valence electrons. The summed E-state index contributed by atoms with van der Waals surface area (Å²) in [5, 5.41) is 8.09. The maximum Gasteiger partial charge on any atom is 0.258 e. The maximum absolute atomic E-state index is 13.7. The Morgan fingerprint density at radius 3 is 2.87 bits per heavy atom. The smallest absolute Gasteiger partial charge is 0.258 e. The third-order valence-corrected chi connectivity index (χ3v) is 5.73. The number of pyridine rings is 2. The van der Waals surface area contributed by atoms with E-state index in [0.717, 1.165) is 38.4 Å². The Labute approximate surface area is 174 Å². The Bertz CT molecular complexity index is 1000. The normalized spacial score (nSPS) is 23.0. The summed E-state index contributed by atoms with van der Waals surface area (Å²) < 4.78 is 13.4. The quantitative estimate of drug-likeness (QED) is 0.638. The van der Waals surface area contributed by atoms with Crippen molar-refractivity contribution >= 4 is 11.6 Å². The standard InChI is InChI=1S/C21H24N6O3/c28-21(17-4-2-6-26-15-23-24-20(17)26)27-9-12-30-18(14-25-7-10-29-11-8-25)19(27)16-3-1-5-22-13-16/h1-6,13,15,18-19H,7-12,14H2/t18-,19-/m0/s1. The van der Waals surface area contributed by atoms with Gasteiger partial charge in [-0.25, -0.2) is 0 Å². The topological polar surface area (TPSA) is 85.1 Å². The second kappa shape index (κ2) is 8.47. The van der Waals surface area contributed by atoms with Gasteiger partial charge in [0.05, 0.1) is 37.5 Å². The van der Waals surface area contributed by atoms with Crippen molar-refractivity contribution in [2.75, 3.05) is 46.0 Å². The fourth-order valence-corrected chi connectivity index (χ4v) is 4.27. The summed E-state index contributed by atoms with van der Waals surface area (Å²) in [7, 11) is 0. The predicted octanol–water partition coefficient (Wildman–Crippen LogP) is 1.04. The SMILES string of the molecule is O=C(c1cccn2cnnc12)N1CCO[C@@H](CN2CCOCC2)[C@@H]1c1cccnc1. The van der Waals surface area contributed by atoms with Gasteiger partial charge < -0.3 is 14.4 Å². The van der Waals surface area contributed by atoms with Gasteiger partial charge in [-0.15, -0.1) is 10.2 Å². The summed E-state index contributed by atoms with van der Waals surface area (Å²) >= 11 is 0. The van der Waals surface area contributed by atoms with Crippen LogP contribution >= 0.6 is 0 Å². The number of carbonyl (C=O) groups excluding carboxylic acids is 1. The van der Waals surface area contributed by atoms with E-state index in [1.165, 1.54) is 0 Å². The minimum Gasteiger partial charge on any atom is -0.379 e. The fraction of sp³-hybridized carbons (Fsp3) is 0.429. The van der Waals surface area contributed by atoms with Crippen LogP contribution in [0.15, 0.2) is 49.2 Å². The van der Waals surface area contributed by atoms with Crippen molar-refractivity contribution in [1.82, 2.24) is 29.4 Å². The fourth-order valence-electron chi connectivity index (χ4n) is 4.27. The Morgan fingerprint density at radius 1 is 1.13 bits per heavy atom. The monoisotopic (exact) mass is 408 g/mol. The van der Waals surface area contributed by atoms with E-state index < -0.39 is 0 Å². The molecule has 2 atom stereocenters. The van der Waals surface area contributed by atoms with Crippen molar-refractivity contribution in [2.45, 2.75) is 12.1 Å². The van der Waals surface area contributed by atoms with Gasteiger partial charge in [0.15, 0.2) is 5.65 Å². The molecule has 0 unspecified atom stereocenters. The highest BCUT2D eigenvalue weighted by atomic mass is 16.5. The van der Waals surface area contributed by atoms with E-state index >= 15 is 0 Å². The van der Waals surface area contributed by atoms with Gasteiger partial charge in [0.25, 0.3) is 5.91 Å². The van der Waals surface area contributed by atoms with Gasteiger partial charge in [-0.3, -0.25) is 19.1 Å². The number of rotatable bonds is 4. The van der Waals surface area contributed by atoms with Crippen LogP contribution in [0.3, 0.4) is 0 Å². The zero-order valence-electron chi connectivity index (χ0n) is 16.6. The molecule has 3 aromatic heterocycles. The largest absolute Gasteiger partial charge is 0.379 e. The molecule has 2 fully saturated rings. The van der Waals surface area contributed by atoms with Crippen LogP contribution < -0.4 is 0 Å². The zero-order chi connectivity index (χ0) is 20.3. The van der Waals surface area contributed by atoms with E-state index in [9.17, 15) is 4.79 Å². The minimum absolute atomic E-state index is 0.0715. The zero-order valence-corrected chi connectivity index (χ0v) is 16.6. The molecule has 3 aromatic rings. The molecule has 5 rings (SSSR count). The molecule has 0 bridgehead atoms. The van der Waals surface area contributed by atoms with Crippen molar-refractivity contribution in [1.29, 1.82) is 0 Å². The van der Waals surface area contributed by atoms with Gasteiger partial charge in [0.1, 0.15) is 6.33 Å².